The topological polar surface area (TPSA) is 66.0 Å². The van der Waals surface area contributed by atoms with Crippen LogP contribution in [0.3, 0.4) is 0 Å². The van der Waals surface area contributed by atoms with Crippen LogP contribution in [0.2, 0.25) is 10.0 Å². The number of ether oxygens (including phenoxy) is 1. The van der Waals surface area contributed by atoms with Crippen LogP contribution >= 0.6 is 23.2 Å². The highest BCUT2D eigenvalue weighted by Gasteiger charge is 2.05. The number of nitrogens with zero attached hydrogens (tertiary/aromatic N) is 2. The van der Waals surface area contributed by atoms with Crippen LogP contribution in [-0.4, -0.2) is 64.2 Å². The summed E-state index contributed by atoms with van der Waals surface area (Å²) in [6.07, 6.45) is 1.69. The molecule has 8 heteroatoms. The second kappa shape index (κ2) is 12.0. The van der Waals surface area contributed by atoms with Gasteiger partial charge in [-0.15, -0.1) is 0 Å². The average molecular weight is 389 g/mol. The molecule has 25 heavy (non-hydrogen) atoms. The lowest BCUT2D eigenvalue weighted by atomic mass is 10.1. The van der Waals surface area contributed by atoms with Crippen LogP contribution in [0.5, 0.6) is 0 Å². The van der Waals surface area contributed by atoms with Gasteiger partial charge in [-0.1, -0.05) is 29.3 Å². The van der Waals surface area contributed by atoms with Gasteiger partial charge in [0.25, 0.3) is 0 Å². The van der Waals surface area contributed by atoms with Crippen molar-refractivity contribution in [1.82, 2.24) is 15.5 Å². The summed E-state index contributed by atoms with van der Waals surface area (Å²) in [4.78, 5) is 17.5. The molecule has 0 spiro atoms. The first-order valence-electron chi connectivity index (χ1n) is 8.09. The molecule has 0 bridgehead atoms. The number of methoxy groups -OCH3 is 1. The molecule has 0 saturated heterocycles. The summed E-state index contributed by atoms with van der Waals surface area (Å²) < 4.78 is 5.02. The van der Waals surface area contributed by atoms with Crippen molar-refractivity contribution in [1.29, 1.82) is 0 Å². The zero-order valence-corrected chi connectivity index (χ0v) is 16.5. The fourth-order valence-corrected chi connectivity index (χ4v) is 2.45. The van der Waals surface area contributed by atoms with Crippen LogP contribution in [0.1, 0.15) is 12.0 Å². The second-order valence-electron chi connectivity index (χ2n) is 5.64. The molecular formula is C17H26Cl2N4O2. The maximum Gasteiger partial charge on any atom is 0.243 e. The van der Waals surface area contributed by atoms with Gasteiger partial charge in [0.05, 0.1) is 6.61 Å². The highest BCUT2D eigenvalue weighted by molar-refractivity contribution is 6.35. The van der Waals surface area contributed by atoms with Crippen LogP contribution in [0, 0.1) is 0 Å². The number of halogens is 2. The molecule has 1 aromatic carbocycles. The van der Waals surface area contributed by atoms with E-state index in [0.29, 0.717) is 35.7 Å². The molecule has 1 amide bonds. The number of nitrogens with one attached hydrogen (secondary N) is 2. The summed E-state index contributed by atoms with van der Waals surface area (Å²) in [5.41, 5.74) is 1.06. The minimum Gasteiger partial charge on any atom is -0.383 e. The minimum absolute atomic E-state index is 0.0548. The van der Waals surface area contributed by atoms with Gasteiger partial charge in [0, 0.05) is 44.3 Å². The number of hydrogen-bond donors (Lipinski definition) is 2. The van der Waals surface area contributed by atoms with E-state index in [-0.39, 0.29) is 12.5 Å². The molecule has 0 radical (unpaired) electrons. The summed E-state index contributed by atoms with van der Waals surface area (Å²) >= 11 is 12.1. The van der Waals surface area contributed by atoms with Gasteiger partial charge in [0.1, 0.15) is 6.54 Å². The number of carbonyl (C=O) groups is 1. The molecular weight excluding hydrogens is 363 g/mol. The predicted octanol–water partition coefficient (Wildman–Crippen LogP) is 2.20. The summed E-state index contributed by atoms with van der Waals surface area (Å²) in [5.74, 6) is 0.537. The lowest BCUT2D eigenvalue weighted by Crippen LogP contribution is -2.40. The van der Waals surface area contributed by atoms with Gasteiger partial charge in [-0.05, 0) is 30.5 Å². The van der Waals surface area contributed by atoms with Gasteiger partial charge in [0.15, 0.2) is 5.96 Å². The van der Waals surface area contributed by atoms with E-state index in [1.54, 1.807) is 27.3 Å². The van der Waals surface area contributed by atoms with Crippen LogP contribution < -0.4 is 10.6 Å². The molecule has 0 aromatic heterocycles. The zero-order valence-electron chi connectivity index (χ0n) is 14.9. The van der Waals surface area contributed by atoms with Gasteiger partial charge in [0.2, 0.25) is 5.91 Å². The van der Waals surface area contributed by atoms with Crippen molar-refractivity contribution in [2.24, 2.45) is 4.99 Å². The molecule has 2 N–H and O–H groups in total. The predicted molar refractivity (Wildman–Crippen MR) is 104 cm³/mol. The van der Waals surface area contributed by atoms with Crippen molar-refractivity contribution in [3.63, 3.8) is 0 Å². The van der Waals surface area contributed by atoms with Crippen LogP contribution in [0.25, 0.3) is 0 Å². The molecule has 0 aliphatic carbocycles. The number of hydrogen-bond acceptors (Lipinski definition) is 3. The standard InChI is InChI=1S/C17H26Cl2N4O2/c1-23(2)16(24)12-22-17(21-9-10-25-3)20-8-4-5-13-6-7-14(18)11-15(13)19/h6-7,11H,4-5,8-10,12H2,1-3H3,(H2,20,21,22). The van der Waals surface area contributed by atoms with E-state index < -0.39 is 0 Å². The van der Waals surface area contributed by atoms with Crippen LogP contribution in [0.4, 0.5) is 0 Å². The Morgan fingerprint density at radius 3 is 2.60 bits per heavy atom. The summed E-state index contributed by atoms with van der Waals surface area (Å²) in [5, 5.41) is 7.66. The molecule has 0 atom stereocenters. The SMILES string of the molecule is COCCNC(=NCC(=O)N(C)C)NCCCc1ccc(Cl)cc1Cl. The molecule has 140 valence electrons. The van der Waals surface area contributed by atoms with E-state index in [4.69, 9.17) is 27.9 Å². The first kappa shape index (κ1) is 21.5. The van der Waals surface area contributed by atoms with Crippen molar-refractivity contribution in [3.05, 3.63) is 33.8 Å². The maximum absolute atomic E-state index is 11.7. The van der Waals surface area contributed by atoms with E-state index in [1.807, 2.05) is 12.1 Å². The monoisotopic (exact) mass is 388 g/mol. The number of guanidine groups is 1. The quantitative estimate of drug-likeness (QED) is 0.386. The number of carbonyl (C=O) groups excluding carboxylic acids is 1. The lowest BCUT2D eigenvalue weighted by molar-refractivity contribution is -0.127. The number of aliphatic imine (C=N–C) groups is 1. The number of benzene rings is 1. The summed E-state index contributed by atoms with van der Waals surface area (Å²) in [6.45, 7) is 1.97. The molecule has 1 aromatic rings. The van der Waals surface area contributed by atoms with Gasteiger partial charge < -0.3 is 20.3 Å². The van der Waals surface area contributed by atoms with Gasteiger partial charge in [-0.2, -0.15) is 0 Å². The van der Waals surface area contributed by atoms with E-state index in [9.17, 15) is 4.79 Å². The first-order chi connectivity index (χ1) is 11.9. The Kier molecular flexibility index (Phi) is 10.3. The molecule has 1 rings (SSSR count). The zero-order chi connectivity index (χ0) is 18.7. The Bertz CT molecular complexity index is 580. The van der Waals surface area contributed by atoms with E-state index in [1.165, 1.54) is 4.90 Å². The Hall–Kier alpha value is -1.50. The van der Waals surface area contributed by atoms with Crippen molar-refractivity contribution >= 4 is 35.1 Å². The number of likely N-dealkylation sites (N-methyl/N-ethyl adjacent to an activating group) is 1. The molecule has 0 saturated carbocycles. The highest BCUT2D eigenvalue weighted by atomic mass is 35.5. The smallest absolute Gasteiger partial charge is 0.243 e. The lowest BCUT2D eigenvalue weighted by Gasteiger charge is -2.13. The van der Waals surface area contributed by atoms with E-state index >= 15 is 0 Å². The number of aryl methyl sites for hydroxylation is 1. The normalized spacial score (nSPS) is 11.3. The Morgan fingerprint density at radius 2 is 1.96 bits per heavy atom. The van der Waals surface area contributed by atoms with Gasteiger partial charge in [-0.25, -0.2) is 4.99 Å². The van der Waals surface area contributed by atoms with Crippen LogP contribution in [0.15, 0.2) is 23.2 Å². The second-order valence-corrected chi connectivity index (χ2v) is 6.48. The molecule has 0 unspecified atom stereocenters. The number of amides is 1. The molecule has 0 fully saturated rings. The van der Waals surface area contributed by atoms with Crippen molar-refractivity contribution in [3.8, 4) is 0 Å². The third-order valence-corrected chi connectivity index (χ3v) is 3.99. The van der Waals surface area contributed by atoms with Gasteiger partial charge >= 0.3 is 0 Å². The number of rotatable bonds is 9. The van der Waals surface area contributed by atoms with E-state index in [0.717, 1.165) is 18.4 Å². The fraction of sp³-hybridized carbons (Fsp3) is 0.529. The third-order valence-electron chi connectivity index (χ3n) is 3.40. The largest absolute Gasteiger partial charge is 0.383 e. The average Bonchev–Trinajstić information content (AvgIpc) is 2.57. The van der Waals surface area contributed by atoms with Gasteiger partial charge in [-0.3, -0.25) is 4.79 Å². The Morgan fingerprint density at radius 1 is 1.24 bits per heavy atom. The summed E-state index contributed by atoms with van der Waals surface area (Å²) in [6, 6.07) is 5.52. The third kappa shape index (κ3) is 8.95. The Balaban J connectivity index is 2.47. The van der Waals surface area contributed by atoms with Crippen molar-refractivity contribution in [2.75, 3.05) is 47.4 Å². The Labute approximate surface area is 159 Å². The summed E-state index contributed by atoms with van der Waals surface area (Å²) in [7, 11) is 5.05. The van der Waals surface area contributed by atoms with Crippen LogP contribution in [-0.2, 0) is 16.0 Å². The first-order valence-corrected chi connectivity index (χ1v) is 8.85. The highest BCUT2D eigenvalue weighted by Crippen LogP contribution is 2.21. The molecule has 0 heterocycles. The maximum atomic E-state index is 11.7. The van der Waals surface area contributed by atoms with Crippen molar-refractivity contribution < 1.29 is 9.53 Å². The minimum atomic E-state index is -0.0548. The molecule has 6 nitrogen and oxygen atoms in total. The van der Waals surface area contributed by atoms with E-state index in [2.05, 4.69) is 15.6 Å². The molecule has 0 aliphatic rings. The van der Waals surface area contributed by atoms with Crippen molar-refractivity contribution in [2.45, 2.75) is 12.8 Å². The molecule has 0 aliphatic heterocycles. The fourth-order valence-electron chi connectivity index (χ4n) is 1.94.